The summed E-state index contributed by atoms with van der Waals surface area (Å²) in [6.07, 6.45) is 5.31. The first-order chi connectivity index (χ1) is 11.6. The number of nitrogens with zero attached hydrogens (tertiary/aromatic N) is 3. The number of amides is 2. The van der Waals surface area contributed by atoms with E-state index in [2.05, 4.69) is 9.80 Å². The number of carbonyl (C=O) groups is 2. The lowest BCUT2D eigenvalue weighted by Gasteiger charge is -2.39. The standard InChI is InChI=1S/C18H31N3O3/c1-14(22)19-8-3-15(4-9-19)18(23)20-10-5-16(6-11-20)21-12-7-17(13-21)24-2/h15-17H,3-13H2,1-2H3. The molecule has 1 atom stereocenters. The number of methoxy groups -OCH3 is 1. The fraction of sp³-hybridized carbons (Fsp3) is 0.889. The highest BCUT2D eigenvalue weighted by atomic mass is 16.5. The number of ether oxygens (including phenoxy) is 1. The number of hydrogen-bond acceptors (Lipinski definition) is 4. The van der Waals surface area contributed by atoms with Gasteiger partial charge in [0.2, 0.25) is 11.8 Å². The summed E-state index contributed by atoms with van der Waals surface area (Å²) in [6.45, 7) is 7.00. The highest BCUT2D eigenvalue weighted by Crippen LogP contribution is 2.25. The smallest absolute Gasteiger partial charge is 0.225 e. The zero-order chi connectivity index (χ0) is 17.1. The Hall–Kier alpha value is -1.14. The van der Waals surface area contributed by atoms with Crippen LogP contribution in [-0.4, -0.2) is 85.0 Å². The van der Waals surface area contributed by atoms with Gasteiger partial charge in [-0.05, 0) is 32.1 Å². The first-order valence-electron chi connectivity index (χ1n) is 9.39. The summed E-state index contributed by atoms with van der Waals surface area (Å²) in [7, 11) is 1.80. The van der Waals surface area contributed by atoms with Crippen LogP contribution in [-0.2, 0) is 14.3 Å². The zero-order valence-electron chi connectivity index (χ0n) is 15.1. The highest BCUT2D eigenvalue weighted by Gasteiger charge is 2.34. The lowest BCUT2D eigenvalue weighted by molar-refractivity contribution is -0.141. The van der Waals surface area contributed by atoms with Crippen molar-refractivity contribution in [3.05, 3.63) is 0 Å². The largest absolute Gasteiger partial charge is 0.380 e. The first-order valence-corrected chi connectivity index (χ1v) is 9.39. The molecule has 0 aromatic heterocycles. The monoisotopic (exact) mass is 337 g/mol. The van der Waals surface area contributed by atoms with Crippen molar-refractivity contribution >= 4 is 11.8 Å². The molecule has 6 nitrogen and oxygen atoms in total. The second-order valence-corrected chi connectivity index (χ2v) is 7.48. The van der Waals surface area contributed by atoms with E-state index in [-0.39, 0.29) is 11.8 Å². The number of rotatable bonds is 3. The molecule has 0 saturated carbocycles. The van der Waals surface area contributed by atoms with Crippen LogP contribution in [0.2, 0.25) is 0 Å². The summed E-state index contributed by atoms with van der Waals surface area (Å²) < 4.78 is 5.46. The van der Waals surface area contributed by atoms with E-state index >= 15 is 0 Å². The van der Waals surface area contributed by atoms with Crippen molar-refractivity contribution in [2.45, 2.75) is 51.2 Å². The van der Waals surface area contributed by atoms with E-state index in [0.29, 0.717) is 18.1 Å². The molecule has 136 valence electrons. The Morgan fingerprint density at radius 3 is 2.04 bits per heavy atom. The first kappa shape index (κ1) is 17.7. The highest BCUT2D eigenvalue weighted by molar-refractivity contribution is 5.79. The van der Waals surface area contributed by atoms with Crippen molar-refractivity contribution in [2.75, 3.05) is 46.4 Å². The number of piperidine rings is 2. The third-order valence-electron chi connectivity index (χ3n) is 6.09. The summed E-state index contributed by atoms with van der Waals surface area (Å²) in [5.41, 5.74) is 0. The molecule has 2 amide bonds. The van der Waals surface area contributed by atoms with Crippen LogP contribution in [0.5, 0.6) is 0 Å². The lowest BCUT2D eigenvalue weighted by Crippen LogP contribution is -2.49. The molecule has 24 heavy (non-hydrogen) atoms. The van der Waals surface area contributed by atoms with Crippen molar-refractivity contribution in [1.82, 2.24) is 14.7 Å². The summed E-state index contributed by atoms with van der Waals surface area (Å²) in [5, 5.41) is 0. The Morgan fingerprint density at radius 2 is 1.50 bits per heavy atom. The Kier molecular flexibility index (Phi) is 5.76. The molecule has 0 aliphatic carbocycles. The molecule has 3 rings (SSSR count). The maximum atomic E-state index is 12.7. The van der Waals surface area contributed by atoms with Gasteiger partial charge in [-0.2, -0.15) is 0 Å². The average molecular weight is 337 g/mol. The molecule has 0 aromatic rings. The van der Waals surface area contributed by atoms with Crippen LogP contribution in [0.25, 0.3) is 0 Å². The van der Waals surface area contributed by atoms with Gasteiger partial charge >= 0.3 is 0 Å². The minimum absolute atomic E-state index is 0.113. The van der Waals surface area contributed by atoms with Gasteiger partial charge in [-0.15, -0.1) is 0 Å². The lowest BCUT2D eigenvalue weighted by atomic mass is 9.93. The Balaban J connectivity index is 1.43. The molecular formula is C18H31N3O3. The minimum Gasteiger partial charge on any atom is -0.380 e. The molecule has 6 heteroatoms. The van der Waals surface area contributed by atoms with Crippen LogP contribution < -0.4 is 0 Å². The fourth-order valence-corrected chi connectivity index (χ4v) is 4.43. The molecule has 3 aliphatic heterocycles. The third kappa shape index (κ3) is 3.91. The topological polar surface area (TPSA) is 53.1 Å². The average Bonchev–Trinajstić information content (AvgIpc) is 3.10. The molecule has 3 heterocycles. The summed E-state index contributed by atoms with van der Waals surface area (Å²) >= 11 is 0. The number of carbonyl (C=O) groups excluding carboxylic acids is 2. The van der Waals surface area contributed by atoms with E-state index in [1.165, 1.54) is 0 Å². The molecule has 3 saturated heterocycles. The van der Waals surface area contributed by atoms with Gasteiger partial charge in [-0.3, -0.25) is 14.5 Å². The number of hydrogen-bond donors (Lipinski definition) is 0. The van der Waals surface area contributed by atoms with Crippen molar-refractivity contribution in [3.63, 3.8) is 0 Å². The van der Waals surface area contributed by atoms with Crippen LogP contribution in [0, 0.1) is 5.92 Å². The van der Waals surface area contributed by atoms with E-state index in [1.807, 2.05) is 4.90 Å². The molecular weight excluding hydrogens is 306 g/mol. The van der Waals surface area contributed by atoms with E-state index in [9.17, 15) is 9.59 Å². The van der Waals surface area contributed by atoms with E-state index in [1.54, 1.807) is 14.0 Å². The Bertz CT molecular complexity index is 454. The third-order valence-corrected chi connectivity index (χ3v) is 6.09. The Labute approximate surface area is 145 Å². The molecule has 0 radical (unpaired) electrons. The van der Waals surface area contributed by atoms with Crippen molar-refractivity contribution in [3.8, 4) is 0 Å². The normalized spacial score (nSPS) is 27.7. The second kappa shape index (κ2) is 7.83. The van der Waals surface area contributed by atoms with Gasteiger partial charge in [0.1, 0.15) is 0 Å². The summed E-state index contributed by atoms with van der Waals surface area (Å²) in [4.78, 5) is 30.6. The maximum Gasteiger partial charge on any atom is 0.225 e. The second-order valence-electron chi connectivity index (χ2n) is 7.48. The predicted octanol–water partition coefficient (Wildman–Crippen LogP) is 0.957. The molecule has 0 N–H and O–H groups in total. The van der Waals surface area contributed by atoms with Crippen molar-refractivity contribution in [2.24, 2.45) is 5.92 Å². The molecule has 0 aromatic carbocycles. The van der Waals surface area contributed by atoms with Crippen LogP contribution in [0.1, 0.15) is 39.0 Å². The molecule has 3 aliphatic rings. The Morgan fingerprint density at radius 1 is 0.875 bits per heavy atom. The van der Waals surface area contributed by atoms with Crippen LogP contribution in [0.15, 0.2) is 0 Å². The van der Waals surface area contributed by atoms with Gasteiger partial charge < -0.3 is 14.5 Å². The van der Waals surface area contributed by atoms with E-state index in [0.717, 1.165) is 71.4 Å². The van der Waals surface area contributed by atoms with Gasteiger partial charge in [-0.1, -0.05) is 0 Å². The minimum atomic E-state index is 0.113. The van der Waals surface area contributed by atoms with Crippen molar-refractivity contribution < 1.29 is 14.3 Å². The molecule has 0 bridgehead atoms. The van der Waals surface area contributed by atoms with E-state index in [4.69, 9.17) is 4.74 Å². The maximum absolute atomic E-state index is 12.7. The van der Waals surface area contributed by atoms with Crippen molar-refractivity contribution in [1.29, 1.82) is 0 Å². The summed E-state index contributed by atoms with van der Waals surface area (Å²) in [5.74, 6) is 0.552. The SMILES string of the molecule is COC1CCN(C2CCN(C(=O)C3CCN(C(C)=O)CC3)CC2)C1. The van der Waals surface area contributed by atoms with Crippen LogP contribution in [0.4, 0.5) is 0 Å². The predicted molar refractivity (Wildman–Crippen MR) is 91.6 cm³/mol. The fourth-order valence-electron chi connectivity index (χ4n) is 4.43. The van der Waals surface area contributed by atoms with Gasteiger partial charge in [0.15, 0.2) is 0 Å². The van der Waals surface area contributed by atoms with Gasteiger partial charge in [0.05, 0.1) is 6.10 Å². The molecule has 3 fully saturated rings. The quantitative estimate of drug-likeness (QED) is 0.770. The van der Waals surface area contributed by atoms with Gasteiger partial charge in [-0.25, -0.2) is 0 Å². The van der Waals surface area contributed by atoms with Gasteiger partial charge in [0.25, 0.3) is 0 Å². The number of likely N-dealkylation sites (tertiary alicyclic amines) is 3. The summed E-state index contributed by atoms with van der Waals surface area (Å²) in [6, 6.07) is 0.605. The van der Waals surface area contributed by atoms with Gasteiger partial charge in [0, 0.05) is 65.3 Å². The molecule has 1 unspecified atom stereocenters. The molecule has 0 spiro atoms. The van der Waals surface area contributed by atoms with E-state index < -0.39 is 0 Å². The van der Waals surface area contributed by atoms with Crippen LogP contribution in [0.3, 0.4) is 0 Å². The zero-order valence-corrected chi connectivity index (χ0v) is 15.1. The van der Waals surface area contributed by atoms with Crippen LogP contribution >= 0.6 is 0 Å².